The van der Waals surface area contributed by atoms with Crippen LogP contribution in [0.4, 0.5) is 0 Å². The minimum Gasteiger partial charge on any atom is -0.480 e. The van der Waals surface area contributed by atoms with Gasteiger partial charge >= 0.3 is 5.97 Å². The number of hydrogen-bond donors (Lipinski definition) is 2. The summed E-state index contributed by atoms with van der Waals surface area (Å²) in [5.41, 5.74) is -0.208. The molecule has 21 heavy (non-hydrogen) atoms. The number of nitrogens with one attached hydrogen (secondary N) is 1. The van der Waals surface area contributed by atoms with Crippen LogP contribution in [0.15, 0.2) is 23.1 Å². The molecule has 114 valence electrons. The van der Waals surface area contributed by atoms with Crippen LogP contribution in [-0.4, -0.2) is 25.5 Å². The number of carbonyl (C=O) groups is 1. The number of nitrogens with zero attached hydrogens (tertiary/aromatic N) is 1. The Morgan fingerprint density at radius 2 is 2.10 bits per heavy atom. The highest BCUT2D eigenvalue weighted by Gasteiger charge is 2.28. The maximum atomic E-state index is 12.3. The van der Waals surface area contributed by atoms with Gasteiger partial charge in [-0.25, -0.2) is 8.42 Å². The minimum absolute atomic E-state index is 0.00360. The molecule has 0 radical (unpaired) electrons. The topological polar surface area (TPSA) is 107 Å². The van der Waals surface area contributed by atoms with Gasteiger partial charge in [-0.05, 0) is 24.5 Å². The zero-order chi connectivity index (χ0) is 16.2. The van der Waals surface area contributed by atoms with Gasteiger partial charge in [0.2, 0.25) is 10.0 Å². The van der Waals surface area contributed by atoms with Crippen LogP contribution in [0, 0.1) is 17.2 Å². The van der Waals surface area contributed by atoms with Crippen molar-refractivity contribution in [1.29, 1.82) is 5.26 Å². The second-order valence-electron chi connectivity index (χ2n) is 4.87. The molecule has 0 heterocycles. The van der Waals surface area contributed by atoms with Crippen molar-refractivity contribution >= 4 is 27.6 Å². The van der Waals surface area contributed by atoms with Gasteiger partial charge in [0.15, 0.2) is 0 Å². The highest BCUT2D eigenvalue weighted by atomic mass is 35.5. The van der Waals surface area contributed by atoms with E-state index in [0.29, 0.717) is 0 Å². The molecule has 0 aliphatic heterocycles. The summed E-state index contributed by atoms with van der Waals surface area (Å²) in [6, 6.07) is 4.44. The summed E-state index contributed by atoms with van der Waals surface area (Å²) in [7, 11) is -4.15. The highest BCUT2D eigenvalue weighted by molar-refractivity contribution is 7.89. The third-order valence-electron chi connectivity index (χ3n) is 2.68. The van der Waals surface area contributed by atoms with Crippen LogP contribution in [0.1, 0.15) is 25.8 Å². The van der Waals surface area contributed by atoms with Crippen LogP contribution in [0.5, 0.6) is 0 Å². The van der Waals surface area contributed by atoms with Crippen LogP contribution in [-0.2, 0) is 14.8 Å². The standard InChI is InChI=1S/C13H15ClN2O4S/c1-8(2)6-11(13(17)18)16-21(19,20)12-5-3-4-10(14)9(12)7-15/h3-5,8,11,16H,6H2,1-2H3,(H,17,18)/t11-/m1/s1. The van der Waals surface area contributed by atoms with Crippen molar-refractivity contribution in [3.05, 3.63) is 28.8 Å². The zero-order valence-electron chi connectivity index (χ0n) is 11.5. The van der Waals surface area contributed by atoms with E-state index >= 15 is 0 Å². The van der Waals surface area contributed by atoms with Crippen LogP contribution >= 0.6 is 11.6 Å². The summed E-state index contributed by atoms with van der Waals surface area (Å²) in [6.45, 7) is 3.56. The minimum atomic E-state index is -4.15. The second-order valence-corrected chi connectivity index (χ2v) is 6.96. The molecular formula is C13H15ClN2O4S. The molecule has 2 N–H and O–H groups in total. The second kappa shape index (κ2) is 6.89. The maximum Gasteiger partial charge on any atom is 0.321 e. The molecule has 1 aromatic carbocycles. The molecule has 1 atom stereocenters. The van der Waals surface area contributed by atoms with Crippen molar-refractivity contribution in [3.8, 4) is 6.07 Å². The SMILES string of the molecule is CC(C)C[C@@H](NS(=O)(=O)c1cccc(Cl)c1C#N)C(=O)O. The Bertz CT molecular complexity index is 680. The first kappa shape index (κ1) is 17.4. The molecular weight excluding hydrogens is 316 g/mol. The van der Waals surface area contributed by atoms with Crippen molar-refractivity contribution in [2.24, 2.45) is 5.92 Å². The van der Waals surface area contributed by atoms with Gasteiger partial charge in [0, 0.05) is 0 Å². The molecule has 0 amide bonds. The molecule has 0 aliphatic carbocycles. The molecule has 0 unspecified atom stereocenters. The van der Waals surface area contributed by atoms with Gasteiger partial charge < -0.3 is 5.11 Å². The zero-order valence-corrected chi connectivity index (χ0v) is 13.1. The Morgan fingerprint density at radius 1 is 1.48 bits per heavy atom. The van der Waals surface area contributed by atoms with Gasteiger partial charge in [-0.15, -0.1) is 0 Å². The normalized spacial score (nSPS) is 12.9. The smallest absolute Gasteiger partial charge is 0.321 e. The van der Waals surface area contributed by atoms with E-state index in [1.165, 1.54) is 18.2 Å². The van der Waals surface area contributed by atoms with Crippen molar-refractivity contribution in [1.82, 2.24) is 4.72 Å². The van der Waals surface area contributed by atoms with Crippen LogP contribution < -0.4 is 4.72 Å². The predicted molar refractivity (Wildman–Crippen MR) is 77.4 cm³/mol. The summed E-state index contributed by atoms with van der Waals surface area (Å²) in [6.07, 6.45) is 0.136. The van der Waals surface area contributed by atoms with Gasteiger partial charge in [0.05, 0.1) is 10.6 Å². The first-order valence-electron chi connectivity index (χ1n) is 6.12. The van der Waals surface area contributed by atoms with Gasteiger partial charge in [0.25, 0.3) is 0 Å². The van der Waals surface area contributed by atoms with Gasteiger partial charge in [-0.1, -0.05) is 31.5 Å². The number of nitriles is 1. The number of hydrogen-bond acceptors (Lipinski definition) is 4. The number of carboxylic acids is 1. The number of sulfonamides is 1. The maximum absolute atomic E-state index is 12.3. The van der Waals surface area contributed by atoms with Gasteiger partial charge in [0.1, 0.15) is 17.0 Å². The van der Waals surface area contributed by atoms with Crippen LogP contribution in [0.25, 0.3) is 0 Å². The molecule has 8 heteroatoms. The van der Waals surface area contributed by atoms with E-state index in [1.54, 1.807) is 19.9 Å². The van der Waals surface area contributed by atoms with E-state index < -0.39 is 22.0 Å². The van der Waals surface area contributed by atoms with E-state index in [2.05, 4.69) is 4.72 Å². The lowest BCUT2D eigenvalue weighted by Crippen LogP contribution is -2.41. The lowest BCUT2D eigenvalue weighted by Gasteiger charge is -2.17. The summed E-state index contributed by atoms with van der Waals surface area (Å²) < 4.78 is 26.7. The lowest BCUT2D eigenvalue weighted by atomic mass is 10.1. The van der Waals surface area contributed by atoms with Crippen molar-refractivity contribution in [2.45, 2.75) is 31.2 Å². The average molecular weight is 331 g/mol. The molecule has 0 aliphatic rings. The fourth-order valence-corrected chi connectivity index (χ4v) is 3.41. The van der Waals surface area contributed by atoms with Crippen molar-refractivity contribution < 1.29 is 18.3 Å². The number of rotatable bonds is 6. The molecule has 1 aromatic rings. The number of benzene rings is 1. The average Bonchev–Trinajstić information content (AvgIpc) is 2.36. The van der Waals surface area contributed by atoms with Crippen molar-refractivity contribution in [3.63, 3.8) is 0 Å². The molecule has 0 aromatic heterocycles. The van der Waals surface area contributed by atoms with E-state index in [0.717, 1.165) is 0 Å². The molecule has 0 fully saturated rings. The van der Waals surface area contributed by atoms with Gasteiger partial charge in [-0.2, -0.15) is 9.98 Å². The predicted octanol–water partition coefficient (Wildman–Crippen LogP) is 1.99. The molecule has 0 bridgehead atoms. The summed E-state index contributed by atoms with van der Waals surface area (Å²) in [4.78, 5) is 10.8. The van der Waals surface area contributed by atoms with E-state index in [9.17, 15) is 13.2 Å². The largest absolute Gasteiger partial charge is 0.480 e. The Hall–Kier alpha value is -1.62. The Balaban J connectivity index is 3.21. The number of carboxylic acid groups (broad SMARTS) is 1. The van der Waals surface area contributed by atoms with Crippen molar-refractivity contribution in [2.75, 3.05) is 0 Å². The Labute approximate surface area is 128 Å². The van der Waals surface area contributed by atoms with Gasteiger partial charge in [-0.3, -0.25) is 4.79 Å². The third-order valence-corrected chi connectivity index (χ3v) is 4.51. The number of halogens is 1. The molecule has 6 nitrogen and oxygen atoms in total. The third kappa shape index (κ3) is 4.43. The Kier molecular flexibility index (Phi) is 5.72. The van der Waals surface area contributed by atoms with Crippen LogP contribution in [0.3, 0.4) is 0 Å². The van der Waals surface area contributed by atoms with E-state index in [1.807, 2.05) is 0 Å². The summed E-state index contributed by atoms with van der Waals surface area (Å²) in [5, 5.41) is 18.1. The molecule has 1 rings (SSSR count). The first-order valence-corrected chi connectivity index (χ1v) is 7.99. The fraction of sp³-hybridized carbons (Fsp3) is 0.385. The summed E-state index contributed by atoms with van der Waals surface area (Å²) in [5.74, 6) is -1.28. The molecule has 0 saturated heterocycles. The van der Waals surface area contributed by atoms with Crippen LogP contribution in [0.2, 0.25) is 5.02 Å². The number of aliphatic carboxylic acids is 1. The quantitative estimate of drug-likeness (QED) is 0.829. The van der Waals surface area contributed by atoms with E-state index in [4.69, 9.17) is 22.0 Å². The fourth-order valence-electron chi connectivity index (χ4n) is 1.76. The monoisotopic (exact) mass is 330 g/mol. The first-order chi connectivity index (χ1) is 9.69. The lowest BCUT2D eigenvalue weighted by molar-refractivity contribution is -0.139. The highest BCUT2D eigenvalue weighted by Crippen LogP contribution is 2.23. The molecule has 0 saturated carbocycles. The Morgan fingerprint density at radius 3 is 2.57 bits per heavy atom. The molecule has 0 spiro atoms. The summed E-state index contributed by atoms with van der Waals surface area (Å²) >= 11 is 5.79. The van der Waals surface area contributed by atoms with E-state index in [-0.39, 0.29) is 27.8 Å².